The van der Waals surface area contributed by atoms with Gasteiger partial charge in [0.1, 0.15) is 11.8 Å². The molecule has 1 aliphatic heterocycles. The molecule has 0 amide bonds. The van der Waals surface area contributed by atoms with Gasteiger partial charge in [-0.1, -0.05) is 23.8 Å². The molecule has 3 rings (SSSR count). The molecule has 25 heavy (non-hydrogen) atoms. The van der Waals surface area contributed by atoms with E-state index in [0.717, 1.165) is 5.56 Å². The SMILES string of the molecule is CCOC(=O)C1=CCN(S(=O)(=O)c2ccc(C)cc2)C1c1ccco1. The van der Waals surface area contributed by atoms with Crippen LogP contribution in [0.25, 0.3) is 0 Å². The van der Waals surface area contributed by atoms with Crippen molar-refractivity contribution in [2.24, 2.45) is 0 Å². The second kappa shape index (κ2) is 6.85. The molecule has 0 aliphatic carbocycles. The summed E-state index contributed by atoms with van der Waals surface area (Å²) >= 11 is 0. The van der Waals surface area contributed by atoms with Gasteiger partial charge in [0.05, 0.1) is 23.3 Å². The topological polar surface area (TPSA) is 76.8 Å². The van der Waals surface area contributed by atoms with Crippen LogP contribution >= 0.6 is 0 Å². The second-order valence-electron chi connectivity index (χ2n) is 5.69. The van der Waals surface area contributed by atoms with E-state index in [0.29, 0.717) is 5.76 Å². The van der Waals surface area contributed by atoms with Crippen LogP contribution in [0, 0.1) is 6.92 Å². The Labute approximate surface area is 146 Å². The fraction of sp³-hybridized carbons (Fsp3) is 0.278. The maximum absolute atomic E-state index is 13.1. The lowest BCUT2D eigenvalue weighted by atomic mass is 10.1. The van der Waals surface area contributed by atoms with Crippen molar-refractivity contribution in [3.8, 4) is 0 Å². The van der Waals surface area contributed by atoms with Crippen molar-refractivity contribution in [3.05, 3.63) is 65.6 Å². The molecule has 0 fully saturated rings. The predicted molar refractivity (Wildman–Crippen MR) is 91.2 cm³/mol. The molecule has 132 valence electrons. The summed E-state index contributed by atoms with van der Waals surface area (Å²) in [6.07, 6.45) is 3.03. The number of hydrogen-bond acceptors (Lipinski definition) is 5. The zero-order valence-electron chi connectivity index (χ0n) is 14.0. The Morgan fingerprint density at radius 1 is 1.28 bits per heavy atom. The fourth-order valence-electron chi connectivity index (χ4n) is 2.79. The highest BCUT2D eigenvalue weighted by Crippen LogP contribution is 2.38. The van der Waals surface area contributed by atoms with E-state index in [2.05, 4.69) is 0 Å². The normalized spacial score (nSPS) is 18.2. The third-order valence-electron chi connectivity index (χ3n) is 4.03. The van der Waals surface area contributed by atoms with Crippen LogP contribution in [0.2, 0.25) is 0 Å². The maximum Gasteiger partial charge on any atom is 0.335 e. The number of benzene rings is 1. The van der Waals surface area contributed by atoms with Gasteiger partial charge >= 0.3 is 5.97 Å². The average Bonchev–Trinajstić information content (AvgIpc) is 3.24. The van der Waals surface area contributed by atoms with Gasteiger partial charge in [0.2, 0.25) is 10.0 Å². The molecule has 1 aromatic carbocycles. The first kappa shape index (κ1) is 17.4. The molecule has 0 saturated heterocycles. The molecular weight excluding hydrogens is 342 g/mol. The van der Waals surface area contributed by atoms with E-state index in [4.69, 9.17) is 9.15 Å². The summed E-state index contributed by atoms with van der Waals surface area (Å²) in [6.45, 7) is 3.88. The van der Waals surface area contributed by atoms with Gasteiger partial charge in [-0.05, 0) is 38.1 Å². The minimum absolute atomic E-state index is 0.0791. The molecule has 6 nitrogen and oxygen atoms in total. The number of nitrogens with zero attached hydrogens (tertiary/aromatic N) is 1. The lowest BCUT2D eigenvalue weighted by Gasteiger charge is -2.24. The number of carbonyl (C=O) groups is 1. The Morgan fingerprint density at radius 3 is 2.60 bits per heavy atom. The van der Waals surface area contributed by atoms with Gasteiger partial charge in [0.25, 0.3) is 0 Å². The van der Waals surface area contributed by atoms with Crippen LogP contribution in [0.1, 0.15) is 24.3 Å². The third kappa shape index (κ3) is 3.25. The van der Waals surface area contributed by atoms with Crippen molar-refractivity contribution in [2.75, 3.05) is 13.2 Å². The number of aryl methyl sites for hydroxylation is 1. The minimum atomic E-state index is -3.80. The molecule has 0 radical (unpaired) electrons. The monoisotopic (exact) mass is 361 g/mol. The Kier molecular flexibility index (Phi) is 4.78. The van der Waals surface area contributed by atoms with Crippen molar-refractivity contribution >= 4 is 16.0 Å². The molecule has 0 saturated carbocycles. The summed E-state index contributed by atoms with van der Waals surface area (Å²) in [7, 11) is -3.80. The van der Waals surface area contributed by atoms with Gasteiger partial charge in [-0.25, -0.2) is 13.2 Å². The molecule has 0 spiro atoms. The molecule has 1 unspecified atom stereocenters. The number of carbonyl (C=O) groups excluding carboxylic acids is 1. The molecule has 0 N–H and O–H groups in total. The van der Waals surface area contributed by atoms with E-state index < -0.39 is 22.0 Å². The van der Waals surface area contributed by atoms with Crippen LogP contribution < -0.4 is 0 Å². The van der Waals surface area contributed by atoms with Gasteiger partial charge in [-0.15, -0.1) is 0 Å². The zero-order chi connectivity index (χ0) is 18.0. The van der Waals surface area contributed by atoms with Gasteiger partial charge in [-0.3, -0.25) is 0 Å². The summed E-state index contributed by atoms with van der Waals surface area (Å²) in [5, 5.41) is 0. The van der Waals surface area contributed by atoms with E-state index in [1.54, 1.807) is 49.4 Å². The summed E-state index contributed by atoms with van der Waals surface area (Å²) < 4.78 is 37.9. The average molecular weight is 361 g/mol. The van der Waals surface area contributed by atoms with Crippen LogP contribution in [0.15, 0.2) is 63.6 Å². The van der Waals surface area contributed by atoms with Crippen LogP contribution in [-0.2, 0) is 19.6 Å². The fourth-order valence-corrected chi connectivity index (χ4v) is 4.31. The molecule has 7 heteroatoms. The molecule has 0 bridgehead atoms. The van der Waals surface area contributed by atoms with Crippen LogP contribution in [-0.4, -0.2) is 31.8 Å². The molecular formula is C18H19NO5S. The predicted octanol–water partition coefficient (Wildman–Crippen LogP) is 2.82. The zero-order valence-corrected chi connectivity index (χ0v) is 14.8. The van der Waals surface area contributed by atoms with E-state index >= 15 is 0 Å². The molecule has 2 aromatic rings. The summed E-state index contributed by atoms with van der Waals surface area (Å²) in [4.78, 5) is 12.4. The number of rotatable bonds is 5. The number of esters is 1. The van der Waals surface area contributed by atoms with Crippen LogP contribution in [0.3, 0.4) is 0 Å². The van der Waals surface area contributed by atoms with Crippen molar-refractivity contribution in [3.63, 3.8) is 0 Å². The third-order valence-corrected chi connectivity index (χ3v) is 5.87. The van der Waals surface area contributed by atoms with Crippen molar-refractivity contribution in [1.82, 2.24) is 4.31 Å². The summed E-state index contributed by atoms with van der Waals surface area (Å²) in [5.74, 6) is -0.155. The van der Waals surface area contributed by atoms with E-state index in [1.807, 2.05) is 6.92 Å². The summed E-state index contributed by atoms with van der Waals surface area (Å²) in [6, 6.07) is 9.08. The van der Waals surface area contributed by atoms with Gasteiger partial charge in [0.15, 0.2) is 0 Å². The number of hydrogen-bond donors (Lipinski definition) is 0. The van der Waals surface area contributed by atoms with Crippen molar-refractivity contribution in [1.29, 1.82) is 0 Å². The standard InChI is InChI=1S/C18H19NO5S/c1-3-23-18(20)15-10-11-19(17(15)16-5-4-12-24-16)25(21,22)14-8-6-13(2)7-9-14/h4-10,12,17H,3,11H2,1-2H3. The molecule has 1 aromatic heterocycles. The lowest BCUT2D eigenvalue weighted by molar-refractivity contribution is -0.139. The highest BCUT2D eigenvalue weighted by Gasteiger charge is 2.42. The smallest absolute Gasteiger partial charge is 0.335 e. The van der Waals surface area contributed by atoms with Gasteiger partial charge in [0, 0.05) is 6.54 Å². The quantitative estimate of drug-likeness (QED) is 0.766. The first-order valence-corrected chi connectivity index (χ1v) is 9.38. The Morgan fingerprint density at radius 2 is 2.00 bits per heavy atom. The first-order valence-electron chi connectivity index (χ1n) is 7.94. The van der Waals surface area contributed by atoms with E-state index in [9.17, 15) is 13.2 Å². The number of ether oxygens (including phenoxy) is 1. The lowest BCUT2D eigenvalue weighted by Crippen LogP contribution is -2.33. The van der Waals surface area contributed by atoms with Crippen LogP contribution in [0.5, 0.6) is 0 Å². The van der Waals surface area contributed by atoms with E-state index in [1.165, 1.54) is 10.6 Å². The number of furan rings is 1. The molecule has 1 atom stereocenters. The molecule has 2 heterocycles. The second-order valence-corrected chi connectivity index (χ2v) is 7.58. The highest BCUT2D eigenvalue weighted by atomic mass is 32.2. The van der Waals surface area contributed by atoms with Crippen LogP contribution in [0.4, 0.5) is 0 Å². The molecule has 1 aliphatic rings. The van der Waals surface area contributed by atoms with Gasteiger partial charge < -0.3 is 9.15 Å². The Hall–Kier alpha value is -2.38. The van der Waals surface area contributed by atoms with E-state index in [-0.39, 0.29) is 23.6 Å². The van der Waals surface area contributed by atoms with Crippen molar-refractivity contribution in [2.45, 2.75) is 24.8 Å². The van der Waals surface area contributed by atoms with Gasteiger partial charge in [-0.2, -0.15) is 4.31 Å². The summed E-state index contributed by atoms with van der Waals surface area (Å²) in [5.41, 5.74) is 1.24. The van der Waals surface area contributed by atoms with Crippen molar-refractivity contribution < 1.29 is 22.4 Å². The highest BCUT2D eigenvalue weighted by molar-refractivity contribution is 7.89. The first-order chi connectivity index (χ1) is 11.9. The minimum Gasteiger partial charge on any atom is -0.467 e. The Bertz CT molecular complexity index is 882. The number of sulfonamides is 1. The largest absolute Gasteiger partial charge is 0.467 e. The maximum atomic E-state index is 13.1. The Balaban J connectivity index is 2.01.